The predicted octanol–water partition coefficient (Wildman–Crippen LogP) is 2.54. The summed E-state index contributed by atoms with van der Waals surface area (Å²) < 4.78 is 10.5. The van der Waals surface area contributed by atoms with Gasteiger partial charge in [0.15, 0.2) is 0 Å². The maximum Gasteiger partial charge on any atom is 0.132 e. The van der Waals surface area contributed by atoms with E-state index >= 15 is 0 Å². The minimum absolute atomic E-state index is 0.0167. The fourth-order valence-corrected chi connectivity index (χ4v) is 0.817. The third kappa shape index (κ3) is 2.24. The van der Waals surface area contributed by atoms with Crippen molar-refractivity contribution >= 4 is 0 Å². The fourth-order valence-electron chi connectivity index (χ4n) is 0.817. The summed E-state index contributed by atoms with van der Waals surface area (Å²) in [7, 11) is 0. The molecule has 0 bridgehead atoms. The number of hydrogen-bond donors (Lipinski definition) is 0. The molecule has 1 atom stereocenters. The molecule has 0 amide bonds. The third-order valence-electron chi connectivity index (χ3n) is 1.41. The molecule has 1 unspecified atom stereocenters. The summed E-state index contributed by atoms with van der Waals surface area (Å²) in [5.74, 6) is 0.854. The monoisotopic (exact) mass is 152 g/mol. The number of furan rings is 1. The van der Waals surface area contributed by atoms with Crippen molar-refractivity contribution in [3.63, 3.8) is 0 Å². The van der Waals surface area contributed by atoms with Crippen LogP contribution >= 0.6 is 0 Å². The summed E-state index contributed by atoms with van der Waals surface area (Å²) in [5.41, 5.74) is 0. The number of ether oxygens (including phenoxy) is 1. The topological polar surface area (TPSA) is 22.4 Å². The maximum atomic E-state index is 5.32. The van der Waals surface area contributed by atoms with E-state index in [0.717, 1.165) is 5.76 Å². The molecule has 0 aliphatic rings. The van der Waals surface area contributed by atoms with Crippen LogP contribution in [0.25, 0.3) is 0 Å². The van der Waals surface area contributed by atoms with Crippen molar-refractivity contribution < 1.29 is 9.15 Å². The molecule has 0 N–H and O–H groups in total. The van der Waals surface area contributed by atoms with Crippen LogP contribution in [0.4, 0.5) is 0 Å². The molecule has 2 nitrogen and oxygen atoms in total. The quantitative estimate of drug-likeness (QED) is 0.618. The smallest absolute Gasteiger partial charge is 0.132 e. The van der Waals surface area contributed by atoms with E-state index < -0.39 is 0 Å². The molecular formula is C9H12O2. The zero-order chi connectivity index (χ0) is 8.10. The second-order valence-electron chi connectivity index (χ2n) is 2.28. The van der Waals surface area contributed by atoms with Gasteiger partial charge in [-0.3, -0.25) is 0 Å². The molecule has 0 spiro atoms. The second kappa shape index (κ2) is 3.98. The van der Waals surface area contributed by atoms with Crippen LogP contribution in [0.1, 0.15) is 18.8 Å². The molecule has 1 heterocycles. The van der Waals surface area contributed by atoms with Gasteiger partial charge in [-0.1, -0.05) is 6.08 Å². The summed E-state index contributed by atoms with van der Waals surface area (Å²) in [4.78, 5) is 0. The van der Waals surface area contributed by atoms with Gasteiger partial charge in [0.2, 0.25) is 0 Å². The highest BCUT2D eigenvalue weighted by Crippen LogP contribution is 2.15. The highest BCUT2D eigenvalue weighted by Gasteiger charge is 2.05. The highest BCUT2D eigenvalue weighted by atomic mass is 16.5. The van der Waals surface area contributed by atoms with Crippen molar-refractivity contribution in [2.75, 3.05) is 6.61 Å². The molecular weight excluding hydrogens is 140 g/mol. The Balaban J connectivity index is 2.42. The summed E-state index contributed by atoms with van der Waals surface area (Å²) in [5, 5.41) is 0. The number of hydrogen-bond acceptors (Lipinski definition) is 2. The summed E-state index contributed by atoms with van der Waals surface area (Å²) in [6, 6.07) is 3.75. The molecule has 0 radical (unpaired) electrons. The normalized spacial score (nSPS) is 12.8. The van der Waals surface area contributed by atoms with Crippen LogP contribution in [0.3, 0.4) is 0 Å². The largest absolute Gasteiger partial charge is 0.467 e. The molecule has 0 aliphatic heterocycles. The SMILES string of the molecule is C=CCOC(C)c1ccco1. The Kier molecular flexibility index (Phi) is 2.93. The van der Waals surface area contributed by atoms with E-state index in [1.54, 1.807) is 12.3 Å². The number of rotatable bonds is 4. The first-order chi connectivity index (χ1) is 5.34. The first-order valence-electron chi connectivity index (χ1n) is 3.60. The van der Waals surface area contributed by atoms with Crippen LogP contribution in [0.2, 0.25) is 0 Å². The molecule has 60 valence electrons. The van der Waals surface area contributed by atoms with E-state index in [0.29, 0.717) is 6.61 Å². The molecule has 1 aromatic heterocycles. The fraction of sp³-hybridized carbons (Fsp3) is 0.333. The van der Waals surface area contributed by atoms with E-state index in [1.165, 1.54) is 0 Å². The molecule has 1 aromatic rings. The van der Waals surface area contributed by atoms with Gasteiger partial charge in [-0.05, 0) is 19.1 Å². The van der Waals surface area contributed by atoms with Gasteiger partial charge in [0.25, 0.3) is 0 Å². The zero-order valence-electron chi connectivity index (χ0n) is 6.62. The summed E-state index contributed by atoms with van der Waals surface area (Å²) >= 11 is 0. The average molecular weight is 152 g/mol. The van der Waals surface area contributed by atoms with Crippen molar-refractivity contribution in [3.05, 3.63) is 36.8 Å². The van der Waals surface area contributed by atoms with E-state index in [-0.39, 0.29) is 6.10 Å². The lowest BCUT2D eigenvalue weighted by molar-refractivity contribution is 0.0717. The van der Waals surface area contributed by atoms with Gasteiger partial charge in [0.05, 0.1) is 12.9 Å². The van der Waals surface area contributed by atoms with E-state index in [9.17, 15) is 0 Å². The average Bonchev–Trinajstić information content (AvgIpc) is 2.52. The van der Waals surface area contributed by atoms with Gasteiger partial charge in [0, 0.05) is 0 Å². The van der Waals surface area contributed by atoms with Gasteiger partial charge in [0.1, 0.15) is 11.9 Å². The predicted molar refractivity (Wildman–Crippen MR) is 43.3 cm³/mol. The molecule has 0 saturated heterocycles. The summed E-state index contributed by atoms with van der Waals surface area (Å²) in [6.07, 6.45) is 3.38. The molecule has 0 aromatic carbocycles. The molecule has 0 fully saturated rings. The minimum Gasteiger partial charge on any atom is -0.467 e. The first kappa shape index (κ1) is 8.08. The Morgan fingerprint density at radius 3 is 3.18 bits per heavy atom. The molecule has 11 heavy (non-hydrogen) atoms. The zero-order valence-corrected chi connectivity index (χ0v) is 6.62. The second-order valence-corrected chi connectivity index (χ2v) is 2.28. The van der Waals surface area contributed by atoms with Gasteiger partial charge in [-0.25, -0.2) is 0 Å². The lowest BCUT2D eigenvalue weighted by Gasteiger charge is -2.07. The Morgan fingerprint density at radius 1 is 1.82 bits per heavy atom. The van der Waals surface area contributed by atoms with Crippen LogP contribution in [-0.2, 0) is 4.74 Å². The highest BCUT2D eigenvalue weighted by molar-refractivity contribution is 5.00. The lowest BCUT2D eigenvalue weighted by atomic mass is 10.3. The van der Waals surface area contributed by atoms with Crippen LogP contribution in [-0.4, -0.2) is 6.61 Å². The standard InChI is InChI=1S/C9H12O2/c1-3-6-10-8(2)9-5-4-7-11-9/h3-5,7-8H,1,6H2,2H3. The first-order valence-corrected chi connectivity index (χ1v) is 3.60. The Morgan fingerprint density at radius 2 is 2.64 bits per heavy atom. The molecule has 2 heteroatoms. The summed E-state index contributed by atoms with van der Waals surface area (Å²) in [6.45, 7) is 6.06. The maximum absolute atomic E-state index is 5.32. The van der Waals surface area contributed by atoms with Crippen LogP contribution in [0, 0.1) is 0 Å². The van der Waals surface area contributed by atoms with Crippen LogP contribution < -0.4 is 0 Å². The molecule has 1 rings (SSSR count). The van der Waals surface area contributed by atoms with Gasteiger partial charge in [-0.15, -0.1) is 6.58 Å². The molecule has 0 saturated carbocycles. The van der Waals surface area contributed by atoms with E-state index in [1.807, 2.05) is 19.1 Å². The third-order valence-corrected chi connectivity index (χ3v) is 1.41. The molecule has 0 aliphatic carbocycles. The van der Waals surface area contributed by atoms with E-state index in [4.69, 9.17) is 9.15 Å². The Hall–Kier alpha value is -1.02. The van der Waals surface area contributed by atoms with Gasteiger partial charge in [-0.2, -0.15) is 0 Å². The van der Waals surface area contributed by atoms with Gasteiger partial charge < -0.3 is 9.15 Å². The Labute approximate surface area is 66.5 Å². The Bertz CT molecular complexity index is 201. The minimum atomic E-state index is 0.0167. The van der Waals surface area contributed by atoms with Crippen LogP contribution in [0.5, 0.6) is 0 Å². The van der Waals surface area contributed by atoms with Crippen molar-refractivity contribution in [2.24, 2.45) is 0 Å². The van der Waals surface area contributed by atoms with Crippen molar-refractivity contribution in [3.8, 4) is 0 Å². The van der Waals surface area contributed by atoms with Crippen molar-refractivity contribution in [1.29, 1.82) is 0 Å². The lowest BCUT2D eigenvalue weighted by Crippen LogP contribution is -1.97. The van der Waals surface area contributed by atoms with Crippen molar-refractivity contribution in [2.45, 2.75) is 13.0 Å². The van der Waals surface area contributed by atoms with Crippen molar-refractivity contribution in [1.82, 2.24) is 0 Å². The van der Waals surface area contributed by atoms with Gasteiger partial charge >= 0.3 is 0 Å². The van der Waals surface area contributed by atoms with E-state index in [2.05, 4.69) is 6.58 Å². The van der Waals surface area contributed by atoms with Crippen LogP contribution in [0.15, 0.2) is 35.5 Å².